The van der Waals surface area contributed by atoms with Crippen LogP contribution >= 0.6 is 22.7 Å². The number of ketones is 1. The molecule has 0 radical (unpaired) electrons. The van der Waals surface area contributed by atoms with E-state index in [9.17, 15) is 14.4 Å². The molecule has 2 heterocycles. The number of thiazole rings is 1. The molecule has 0 aliphatic heterocycles. The highest BCUT2D eigenvalue weighted by atomic mass is 32.1. The number of nitrogens with zero attached hydrogens (tertiary/aromatic N) is 1. The van der Waals surface area contributed by atoms with Gasteiger partial charge in [0.25, 0.3) is 5.56 Å². The van der Waals surface area contributed by atoms with Gasteiger partial charge in [-0.25, -0.2) is 0 Å². The fraction of sp³-hybridized carbons (Fsp3) is 0.450. The van der Waals surface area contributed by atoms with Gasteiger partial charge in [0.05, 0.1) is 4.53 Å². The molecule has 2 aromatic heterocycles. The lowest BCUT2D eigenvalue weighted by Gasteiger charge is -2.13. The maximum Gasteiger partial charge on any atom is 0.269 e. The smallest absolute Gasteiger partial charge is 0.269 e. The number of Topliss-reactive ketones (excluding diaryl/α,β-unsaturated/α-hetero) is 1. The van der Waals surface area contributed by atoms with Crippen molar-refractivity contribution < 1.29 is 9.59 Å². The summed E-state index contributed by atoms with van der Waals surface area (Å²) < 4.78 is 2.40. The summed E-state index contributed by atoms with van der Waals surface area (Å²) in [5.41, 5.74) is -0.808. The first-order valence-corrected chi connectivity index (χ1v) is 10.4. The van der Waals surface area contributed by atoms with Crippen LogP contribution in [0.4, 0.5) is 0 Å². The number of carbonyl (C=O) groups excluding carboxylic acids is 2. The van der Waals surface area contributed by atoms with Crippen molar-refractivity contribution in [2.24, 2.45) is 5.41 Å². The predicted octanol–water partition coefficient (Wildman–Crippen LogP) is 2.03. The molecule has 0 atom stereocenters. The van der Waals surface area contributed by atoms with Gasteiger partial charge >= 0.3 is 0 Å². The summed E-state index contributed by atoms with van der Waals surface area (Å²) >= 11 is 2.83. The van der Waals surface area contributed by atoms with Crippen LogP contribution in [-0.2, 0) is 16.1 Å². The summed E-state index contributed by atoms with van der Waals surface area (Å²) in [5, 5.41) is 2.79. The summed E-state index contributed by atoms with van der Waals surface area (Å²) in [6.45, 7) is 11.1. The predicted molar refractivity (Wildman–Crippen MR) is 113 cm³/mol. The Kier molecular flexibility index (Phi) is 6.59. The molecule has 0 saturated heterocycles. The number of aryl methyl sites for hydroxylation is 1. The van der Waals surface area contributed by atoms with E-state index >= 15 is 0 Å². The first kappa shape index (κ1) is 21.3. The first-order chi connectivity index (χ1) is 12.5. The van der Waals surface area contributed by atoms with E-state index in [0.717, 1.165) is 9.75 Å². The molecule has 27 heavy (non-hydrogen) atoms. The Morgan fingerprint density at radius 1 is 1.22 bits per heavy atom. The lowest BCUT2D eigenvalue weighted by Crippen LogP contribution is -2.40. The number of rotatable bonds is 5. The van der Waals surface area contributed by atoms with Crippen LogP contribution in [0.1, 0.15) is 44.4 Å². The van der Waals surface area contributed by atoms with E-state index in [2.05, 4.69) is 5.32 Å². The molecule has 1 N–H and O–H groups in total. The molecule has 0 unspecified atom stereocenters. The maximum atomic E-state index is 12.9. The van der Waals surface area contributed by atoms with Crippen molar-refractivity contribution in [2.75, 3.05) is 0 Å². The lowest BCUT2D eigenvalue weighted by molar-refractivity contribution is -0.122. The van der Waals surface area contributed by atoms with Crippen molar-refractivity contribution >= 4 is 46.5 Å². The van der Waals surface area contributed by atoms with Gasteiger partial charge in [-0.15, -0.1) is 22.7 Å². The average Bonchev–Trinajstić information content (AvgIpc) is 3.04. The summed E-state index contributed by atoms with van der Waals surface area (Å²) in [6.07, 6.45) is 3.30. The van der Waals surface area contributed by atoms with Crippen molar-refractivity contribution in [3.8, 4) is 0 Å². The normalized spacial score (nSPS) is 13.4. The molecule has 0 spiro atoms. The average molecular weight is 407 g/mol. The summed E-state index contributed by atoms with van der Waals surface area (Å²) in [4.78, 5) is 39.7. The Morgan fingerprint density at radius 2 is 1.89 bits per heavy atom. The molecule has 2 rings (SSSR count). The number of thiophene rings is 1. The summed E-state index contributed by atoms with van der Waals surface area (Å²) in [7, 11) is 0. The molecule has 2 aromatic rings. The largest absolute Gasteiger partial charge is 0.352 e. The third-order valence-electron chi connectivity index (χ3n) is 3.72. The molecule has 0 bridgehead atoms. The molecule has 0 saturated carbocycles. The fourth-order valence-corrected chi connectivity index (χ4v) is 4.22. The van der Waals surface area contributed by atoms with Gasteiger partial charge < -0.3 is 5.32 Å². The molecule has 0 aromatic carbocycles. The van der Waals surface area contributed by atoms with Crippen molar-refractivity contribution in [3.05, 3.63) is 41.4 Å². The Morgan fingerprint density at radius 3 is 2.41 bits per heavy atom. The summed E-state index contributed by atoms with van der Waals surface area (Å²) in [5.74, 6) is -0.332. The van der Waals surface area contributed by atoms with Gasteiger partial charge in [0.1, 0.15) is 11.2 Å². The minimum Gasteiger partial charge on any atom is -0.352 e. The third kappa shape index (κ3) is 5.74. The van der Waals surface area contributed by atoms with Crippen LogP contribution in [0.15, 0.2) is 16.9 Å². The number of hydrogen-bond acceptors (Lipinski definition) is 5. The Bertz CT molecular complexity index is 1020. The zero-order valence-electron chi connectivity index (χ0n) is 16.6. The Balaban J connectivity index is 2.59. The van der Waals surface area contributed by atoms with Crippen LogP contribution < -0.4 is 20.1 Å². The molecule has 7 heteroatoms. The van der Waals surface area contributed by atoms with Gasteiger partial charge in [-0.1, -0.05) is 20.8 Å². The molecule has 0 fully saturated rings. The van der Waals surface area contributed by atoms with Crippen LogP contribution in [0, 0.1) is 12.3 Å². The van der Waals surface area contributed by atoms with Crippen LogP contribution in [0.5, 0.6) is 0 Å². The van der Waals surface area contributed by atoms with E-state index in [1.807, 2.05) is 59.8 Å². The molecule has 0 aliphatic rings. The van der Waals surface area contributed by atoms with E-state index < -0.39 is 5.41 Å². The number of carbonyl (C=O) groups is 2. The standard InChI is InChI=1S/C20H26N2O3S2/c1-12(2)21-17(24)11-22-18(10-16(23)20(4,5)6)27-15(19(22)25)9-14-8-7-13(3)26-14/h7-10,12H,11H2,1-6H3,(H,21,24)/b15-9+,18-10-. The van der Waals surface area contributed by atoms with Crippen molar-refractivity contribution in [1.82, 2.24) is 9.88 Å². The molecule has 146 valence electrons. The zero-order valence-corrected chi connectivity index (χ0v) is 18.2. The van der Waals surface area contributed by atoms with Crippen LogP contribution in [-0.4, -0.2) is 22.3 Å². The van der Waals surface area contributed by atoms with Gasteiger partial charge in [-0.3, -0.25) is 19.0 Å². The van der Waals surface area contributed by atoms with E-state index in [0.29, 0.717) is 9.20 Å². The quantitative estimate of drug-likeness (QED) is 0.826. The molecule has 1 amide bonds. The minimum absolute atomic E-state index is 0.0180. The van der Waals surface area contributed by atoms with E-state index in [4.69, 9.17) is 0 Å². The maximum absolute atomic E-state index is 12.9. The molecular formula is C20H26N2O3S2. The zero-order chi connectivity index (χ0) is 20.4. The van der Waals surface area contributed by atoms with E-state index in [1.165, 1.54) is 22.0 Å². The second kappa shape index (κ2) is 8.35. The van der Waals surface area contributed by atoms with Gasteiger partial charge in [-0.05, 0) is 39.0 Å². The van der Waals surface area contributed by atoms with Gasteiger partial charge in [0.15, 0.2) is 5.78 Å². The van der Waals surface area contributed by atoms with Crippen LogP contribution in [0.3, 0.4) is 0 Å². The SMILES string of the molecule is Cc1ccc(/C=c2/s/c(=C\C(=O)C(C)(C)C)n(CC(=O)NC(C)C)c2=O)s1. The van der Waals surface area contributed by atoms with Gasteiger partial charge in [0.2, 0.25) is 5.91 Å². The molecule has 5 nitrogen and oxygen atoms in total. The van der Waals surface area contributed by atoms with Gasteiger partial charge in [-0.2, -0.15) is 0 Å². The number of aromatic nitrogens is 1. The second-order valence-electron chi connectivity index (χ2n) is 7.77. The van der Waals surface area contributed by atoms with Crippen molar-refractivity contribution in [2.45, 2.75) is 54.1 Å². The third-order valence-corrected chi connectivity index (χ3v) is 5.72. The number of nitrogens with one attached hydrogen (secondary N) is 1. The van der Waals surface area contributed by atoms with E-state index in [-0.39, 0.29) is 29.8 Å². The highest BCUT2D eigenvalue weighted by Crippen LogP contribution is 2.16. The number of hydrogen-bond donors (Lipinski definition) is 1. The van der Waals surface area contributed by atoms with E-state index in [1.54, 1.807) is 11.3 Å². The lowest BCUT2D eigenvalue weighted by atomic mass is 9.91. The van der Waals surface area contributed by atoms with Gasteiger partial charge in [0, 0.05) is 27.3 Å². The Labute approximate surface area is 167 Å². The Hall–Kier alpha value is -1.99. The number of amides is 1. The summed E-state index contributed by atoms with van der Waals surface area (Å²) in [6, 6.07) is 3.93. The fourth-order valence-electron chi connectivity index (χ4n) is 2.29. The van der Waals surface area contributed by atoms with Crippen LogP contribution in [0.25, 0.3) is 12.2 Å². The second-order valence-corrected chi connectivity index (χ2v) is 10.2. The monoisotopic (exact) mass is 406 g/mol. The highest BCUT2D eigenvalue weighted by Gasteiger charge is 2.20. The highest BCUT2D eigenvalue weighted by molar-refractivity contribution is 7.13. The first-order valence-electron chi connectivity index (χ1n) is 8.80. The van der Waals surface area contributed by atoms with Crippen molar-refractivity contribution in [3.63, 3.8) is 0 Å². The molecule has 0 aliphatic carbocycles. The topological polar surface area (TPSA) is 68.2 Å². The minimum atomic E-state index is -0.556. The molecular weight excluding hydrogens is 380 g/mol. The van der Waals surface area contributed by atoms with Crippen LogP contribution in [0.2, 0.25) is 0 Å². The van der Waals surface area contributed by atoms with Crippen molar-refractivity contribution in [1.29, 1.82) is 0 Å².